The Hall–Kier alpha value is -1.12. The molecule has 0 aliphatic carbocycles. The third-order valence-electron chi connectivity index (χ3n) is 4.74. The zero-order valence-electron chi connectivity index (χ0n) is 13.8. The van der Waals surface area contributed by atoms with Crippen LogP contribution in [0.2, 0.25) is 0 Å². The van der Waals surface area contributed by atoms with E-state index < -0.39 is 0 Å². The fourth-order valence-corrected chi connectivity index (χ4v) is 3.22. The van der Waals surface area contributed by atoms with Crippen molar-refractivity contribution in [1.29, 1.82) is 0 Å². The van der Waals surface area contributed by atoms with E-state index in [2.05, 4.69) is 73.5 Å². The minimum Gasteiger partial charge on any atom is -0.311 e. The molecule has 0 spiro atoms. The molecular formula is C19H30N2. The molecule has 3 atom stereocenters. The van der Waals surface area contributed by atoms with Crippen molar-refractivity contribution in [3.8, 4) is 0 Å². The van der Waals surface area contributed by atoms with E-state index in [9.17, 15) is 0 Å². The van der Waals surface area contributed by atoms with Gasteiger partial charge in [-0.3, -0.25) is 4.90 Å². The molecule has 1 aliphatic rings. The van der Waals surface area contributed by atoms with Gasteiger partial charge in [0.05, 0.1) is 0 Å². The topological polar surface area (TPSA) is 15.3 Å². The van der Waals surface area contributed by atoms with E-state index in [1.54, 1.807) is 0 Å². The minimum atomic E-state index is 0.568. The summed E-state index contributed by atoms with van der Waals surface area (Å²) in [7, 11) is 0. The van der Waals surface area contributed by atoms with Crippen LogP contribution in [0.4, 0.5) is 0 Å². The number of benzene rings is 1. The summed E-state index contributed by atoms with van der Waals surface area (Å²) in [5.41, 5.74) is 1.43. The summed E-state index contributed by atoms with van der Waals surface area (Å²) in [4.78, 5) is 2.66. The highest BCUT2D eigenvalue weighted by Gasteiger charge is 2.29. The van der Waals surface area contributed by atoms with Gasteiger partial charge in [0.2, 0.25) is 0 Å². The van der Waals surface area contributed by atoms with E-state index in [1.165, 1.54) is 12.0 Å². The van der Waals surface area contributed by atoms with Gasteiger partial charge in [-0.25, -0.2) is 0 Å². The predicted octanol–water partition coefficient (Wildman–Crippen LogP) is 3.49. The van der Waals surface area contributed by atoms with Crippen LogP contribution < -0.4 is 5.32 Å². The molecule has 3 unspecified atom stereocenters. The second kappa shape index (κ2) is 8.35. The van der Waals surface area contributed by atoms with E-state index in [4.69, 9.17) is 0 Å². The van der Waals surface area contributed by atoms with Crippen LogP contribution >= 0.6 is 0 Å². The Balaban J connectivity index is 1.98. The van der Waals surface area contributed by atoms with Gasteiger partial charge in [-0.05, 0) is 24.8 Å². The molecule has 2 heteroatoms. The average Bonchev–Trinajstić information content (AvgIpc) is 2.53. The number of piperazine rings is 1. The summed E-state index contributed by atoms with van der Waals surface area (Å²) < 4.78 is 0. The van der Waals surface area contributed by atoms with Crippen LogP contribution in [0.3, 0.4) is 0 Å². The highest BCUT2D eigenvalue weighted by molar-refractivity contribution is 5.16. The standard InChI is InChI=1S/C19H30N2/c1-4-6-12-21-15-18(13-17-10-8-7-9-11-17)20-14-19(21)16(3)5-2/h4,6-11,16,18-20H,5,12-15H2,1-3H3/b6-4+. The zero-order chi connectivity index (χ0) is 15.1. The van der Waals surface area contributed by atoms with Gasteiger partial charge in [-0.15, -0.1) is 0 Å². The van der Waals surface area contributed by atoms with Crippen LogP contribution in [0.5, 0.6) is 0 Å². The lowest BCUT2D eigenvalue weighted by atomic mass is 9.93. The Morgan fingerprint density at radius 1 is 1.33 bits per heavy atom. The molecule has 1 heterocycles. The van der Waals surface area contributed by atoms with Crippen molar-refractivity contribution in [3.63, 3.8) is 0 Å². The SMILES string of the molecule is C/C=C/CN1CC(Cc2ccccc2)NCC1C(C)CC. The van der Waals surface area contributed by atoms with E-state index in [0.29, 0.717) is 12.1 Å². The lowest BCUT2D eigenvalue weighted by Crippen LogP contribution is -2.59. The van der Waals surface area contributed by atoms with Crippen LogP contribution in [-0.4, -0.2) is 36.6 Å². The highest BCUT2D eigenvalue weighted by atomic mass is 15.2. The van der Waals surface area contributed by atoms with E-state index in [-0.39, 0.29) is 0 Å². The Labute approximate surface area is 130 Å². The van der Waals surface area contributed by atoms with Gasteiger partial charge in [0.15, 0.2) is 0 Å². The summed E-state index contributed by atoms with van der Waals surface area (Å²) in [5.74, 6) is 0.750. The molecule has 1 aromatic rings. The third-order valence-corrected chi connectivity index (χ3v) is 4.74. The van der Waals surface area contributed by atoms with Gasteiger partial charge in [-0.1, -0.05) is 62.8 Å². The number of nitrogens with zero attached hydrogens (tertiary/aromatic N) is 1. The van der Waals surface area contributed by atoms with Gasteiger partial charge in [-0.2, -0.15) is 0 Å². The van der Waals surface area contributed by atoms with Gasteiger partial charge < -0.3 is 5.32 Å². The van der Waals surface area contributed by atoms with Gasteiger partial charge in [0.25, 0.3) is 0 Å². The lowest BCUT2D eigenvalue weighted by molar-refractivity contribution is 0.104. The van der Waals surface area contributed by atoms with Crippen molar-refractivity contribution < 1.29 is 0 Å². The quantitative estimate of drug-likeness (QED) is 0.805. The fraction of sp³-hybridized carbons (Fsp3) is 0.579. The lowest BCUT2D eigenvalue weighted by Gasteiger charge is -2.42. The molecule has 1 aromatic carbocycles. The van der Waals surface area contributed by atoms with Crippen LogP contribution in [0.15, 0.2) is 42.5 Å². The first-order chi connectivity index (χ1) is 10.2. The third kappa shape index (κ3) is 4.69. The number of rotatable bonds is 6. The molecule has 1 fully saturated rings. The zero-order valence-corrected chi connectivity index (χ0v) is 13.8. The Morgan fingerprint density at radius 3 is 2.76 bits per heavy atom. The van der Waals surface area contributed by atoms with Crippen LogP contribution in [-0.2, 0) is 6.42 Å². The molecule has 1 aliphatic heterocycles. The Bertz CT molecular complexity index is 426. The number of hydrogen-bond donors (Lipinski definition) is 1. The first kappa shape index (κ1) is 16.3. The maximum Gasteiger partial charge on any atom is 0.0250 e. The molecule has 0 radical (unpaired) electrons. The summed E-state index contributed by atoms with van der Waals surface area (Å²) in [5, 5.41) is 3.77. The second-order valence-electron chi connectivity index (χ2n) is 6.27. The Kier molecular flexibility index (Phi) is 6.47. The van der Waals surface area contributed by atoms with Crippen molar-refractivity contribution in [3.05, 3.63) is 48.0 Å². The molecule has 116 valence electrons. The van der Waals surface area contributed by atoms with Crippen molar-refractivity contribution in [2.75, 3.05) is 19.6 Å². The average molecular weight is 286 g/mol. The highest BCUT2D eigenvalue weighted by Crippen LogP contribution is 2.19. The van der Waals surface area contributed by atoms with Gasteiger partial charge in [0.1, 0.15) is 0 Å². The van der Waals surface area contributed by atoms with Crippen LogP contribution in [0.1, 0.15) is 32.8 Å². The second-order valence-corrected chi connectivity index (χ2v) is 6.27. The van der Waals surface area contributed by atoms with Crippen molar-refractivity contribution in [1.82, 2.24) is 10.2 Å². The molecule has 2 nitrogen and oxygen atoms in total. The van der Waals surface area contributed by atoms with Crippen molar-refractivity contribution in [2.45, 2.75) is 45.7 Å². The van der Waals surface area contributed by atoms with Crippen molar-refractivity contribution >= 4 is 0 Å². The monoisotopic (exact) mass is 286 g/mol. The van der Waals surface area contributed by atoms with E-state index >= 15 is 0 Å². The number of hydrogen-bond acceptors (Lipinski definition) is 2. The minimum absolute atomic E-state index is 0.568. The summed E-state index contributed by atoms with van der Waals surface area (Å²) in [6.45, 7) is 10.1. The molecule has 21 heavy (non-hydrogen) atoms. The van der Waals surface area contributed by atoms with Gasteiger partial charge in [0, 0.05) is 31.7 Å². The molecule has 1 N–H and O–H groups in total. The first-order valence-electron chi connectivity index (χ1n) is 8.37. The summed E-state index contributed by atoms with van der Waals surface area (Å²) in [6, 6.07) is 12.1. The molecule has 0 aromatic heterocycles. The maximum absolute atomic E-state index is 3.77. The van der Waals surface area contributed by atoms with Crippen molar-refractivity contribution in [2.24, 2.45) is 5.92 Å². The number of nitrogens with one attached hydrogen (secondary N) is 1. The van der Waals surface area contributed by atoms with Crippen LogP contribution in [0, 0.1) is 5.92 Å². The first-order valence-corrected chi connectivity index (χ1v) is 8.37. The molecule has 0 saturated carbocycles. The summed E-state index contributed by atoms with van der Waals surface area (Å²) in [6.07, 6.45) is 6.84. The molecular weight excluding hydrogens is 256 g/mol. The largest absolute Gasteiger partial charge is 0.311 e. The van der Waals surface area contributed by atoms with Crippen LogP contribution in [0.25, 0.3) is 0 Å². The molecule has 0 amide bonds. The van der Waals surface area contributed by atoms with Gasteiger partial charge >= 0.3 is 0 Å². The molecule has 0 bridgehead atoms. The summed E-state index contributed by atoms with van der Waals surface area (Å²) >= 11 is 0. The number of allylic oxidation sites excluding steroid dienone is 1. The molecule has 1 saturated heterocycles. The smallest absolute Gasteiger partial charge is 0.0250 e. The maximum atomic E-state index is 3.77. The predicted molar refractivity (Wildman–Crippen MR) is 91.6 cm³/mol. The van der Waals surface area contributed by atoms with E-state index in [0.717, 1.165) is 32.0 Å². The Morgan fingerprint density at radius 2 is 2.10 bits per heavy atom. The van der Waals surface area contributed by atoms with E-state index in [1.807, 2.05) is 0 Å². The fourth-order valence-electron chi connectivity index (χ4n) is 3.22. The molecule has 2 rings (SSSR count). The normalized spacial score (nSPS) is 25.3.